The molecule has 0 amide bonds. The predicted molar refractivity (Wildman–Crippen MR) is 71.8 cm³/mol. The molecule has 1 aliphatic rings. The molecule has 1 fully saturated rings. The van der Waals surface area contributed by atoms with Gasteiger partial charge >= 0.3 is 0 Å². The molecule has 1 saturated carbocycles. The van der Waals surface area contributed by atoms with Gasteiger partial charge in [0, 0.05) is 18.1 Å². The van der Waals surface area contributed by atoms with Crippen LogP contribution in [-0.4, -0.2) is 36.6 Å². The Labute approximate surface area is 102 Å². The summed E-state index contributed by atoms with van der Waals surface area (Å²) in [5.41, 5.74) is 0. The van der Waals surface area contributed by atoms with Crippen molar-refractivity contribution in [2.45, 2.75) is 71.5 Å². The Bertz CT molecular complexity index is 187. The summed E-state index contributed by atoms with van der Waals surface area (Å²) in [6, 6.07) is 2.24. The maximum atomic E-state index is 3.58. The van der Waals surface area contributed by atoms with Gasteiger partial charge in [-0.3, -0.25) is 0 Å². The van der Waals surface area contributed by atoms with Gasteiger partial charge < -0.3 is 10.2 Å². The van der Waals surface area contributed by atoms with Crippen LogP contribution in [-0.2, 0) is 0 Å². The molecule has 2 unspecified atom stereocenters. The first-order valence-electron chi connectivity index (χ1n) is 7.05. The number of nitrogens with one attached hydrogen (secondary N) is 1. The fraction of sp³-hybridized carbons (Fsp3) is 1.00. The smallest absolute Gasteiger partial charge is 0.0136 e. The minimum absolute atomic E-state index is 0.625. The van der Waals surface area contributed by atoms with E-state index in [1.54, 1.807) is 0 Å². The minimum Gasteiger partial charge on any atom is -0.314 e. The highest BCUT2D eigenvalue weighted by Gasteiger charge is 2.35. The van der Waals surface area contributed by atoms with Crippen LogP contribution in [0, 0.1) is 5.92 Å². The van der Waals surface area contributed by atoms with Crippen molar-refractivity contribution in [3.8, 4) is 0 Å². The lowest BCUT2D eigenvalue weighted by molar-refractivity contribution is 0.0458. The van der Waals surface area contributed by atoms with Crippen molar-refractivity contribution in [2.24, 2.45) is 5.92 Å². The van der Waals surface area contributed by atoms with Gasteiger partial charge in [0.2, 0.25) is 0 Å². The topological polar surface area (TPSA) is 15.3 Å². The second kappa shape index (κ2) is 6.61. The fourth-order valence-electron chi connectivity index (χ4n) is 2.85. The van der Waals surface area contributed by atoms with Gasteiger partial charge in [-0.15, -0.1) is 0 Å². The lowest BCUT2D eigenvalue weighted by Crippen LogP contribution is -2.52. The third-order valence-corrected chi connectivity index (χ3v) is 4.21. The summed E-state index contributed by atoms with van der Waals surface area (Å²) in [6.45, 7) is 10.3. The molecule has 2 nitrogen and oxygen atoms in total. The Balaban J connectivity index is 2.36. The molecule has 0 radical (unpaired) electrons. The molecular formula is C14H30N2. The van der Waals surface area contributed by atoms with Gasteiger partial charge in [-0.25, -0.2) is 0 Å². The highest BCUT2D eigenvalue weighted by atomic mass is 15.2. The molecule has 2 heteroatoms. The van der Waals surface area contributed by atoms with Crippen molar-refractivity contribution < 1.29 is 0 Å². The zero-order valence-electron chi connectivity index (χ0n) is 11.8. The molecular weight excluding hydrogens is 196 g/mol. The van der Waals surface area contributed by atoms with Gasteiger partial charge in [-0.05, 0) is 45.2 Å². The highest BCUT2D eigenvalue weighted by molar-refractivity contribution is 4.91. The first-order valence-corrected chi connectivity index (χ1v) is 7.05. The van der Waals surface area contributed by atoms with E-state index in [0.29, 0.717) is 6.04 Å². The third kappa shape index (κ3) is 3.46. The summed E-state index contributed by atoms with van der Waals surface area (Å²) < 4.78 is 0. The van der Waals surface area contributed by atoms with E-state index in [9.17, 15) is 0 Å². The van der Waals surface area contributed by atoms with Crippen LogP contribution in [0.4, 0.5) is 0 Å². The normalized spacial score (nSPS) is 25.5. The first-order chi connectivity index (χ1) is 7.60. The van der Waals surface area contributed by atoms with Gasteiger partial charge in [0.15, 0.2) is 0 Å². The third-order valence-electron chi connectivity index (χ3n) is 4.21. The van der Waals surface area contributed by atoms with Crippen LogP contribution < -0.4 is 5.32 Å². The van der Waals surface area contributed by atoms with Crippen LogP contribution in [0.3, 0.4) is 0 Å². The second-order valence-corrected chi connectivity index (χ2v) is 5.60. The van der Waals surface area contributed by atoms with Crippen molar-refractivity contribution in [2.75, 3.05) is 13.6 Å². The molecule has 0 aromatic carbocycles. The SMILES string of the molecule is CCC(CC)N(C)C1CCC1CNC(C)C. The first kappa shape index (κ1) is 14.0. The quantitative estimate of drug-likeness (QED) is 0.718. The van der Waals surface area contributed by atoms with Gasteiger partial charge in [0.1, 0.15) is 0 Å². The number of rotatable bonds is 7. The van der Waals surface area contributed by atoms with Gasteiger partial charge in [0.05, 0.1) is 0 Å². The molecule has 2 atom stereocenters. The maximum Gasteiger partial charge on any atom is 0.0136 e. The summed E-state index contributed by atoms with van der Waals surface area (Å²) >= 11 is 0. The Morgan fingerprint density at radius 1 is 1.19 bits per heavy atom. The molecule has 1 aliphatic carbocycles. The largest absolute Gasteiger partial charge is 0.314 e. The molecule has 1 N–H and O–H groups in total. The maximum absolute atomic E-state index is 3.58. The molecule has 0 aliphatic heterocycles. The van der Waals surface area contributed by atoms with Gasteiger partial charge in [-0.2, -0.15) is 0 Å². The zero-order valence-corrected chi connectivity index (χ0v) is 11.8. The van der Waals surface area contributed by atoms with Crippen molar-refractivity contribution in [3.05, 3.63) is 0 Å². The van der Waals surface area contributed by atoms with Crippen LogP contribution in [0.1, 0.15) is 53.4 Å². The van der Waals surface area contributed by atoms with E-state index in [4.69, 9.17) is 0 Å². The number of hydrogen-bond acceptors (Lipinski definition) is 2. The van der Waals surface area contributed by atoms with Crippen LogP contribution in [0.25, 0.3) is 0 Å². The molecule has 0 aromatic heterocycles. The van der Waals surface area contributed by atoms with Gasteiger partial charge in [-0.1, -0.05) is 27.7 Å². The highest BCUT2D eigenvalue weighted by Crippen LogP contribution is 2.33. The average Bonchev–Trinajstić information content (AvgIpc) is 2.17. The summed E-state index contributed by atoms with van der Waals surface area (Å²) in [4.78, 5) is 2.64. The van der Waals surface area contributed by atoms with E-state index >= 15 is 0 Å². The van der Waals surface area contributed by atoms with E-state index in [1.165, 1.54) is 32.2 Å². The predicted octanol–water partition coefficient (Wildman–Crippen LogP) is 2.88. The molecule has 0 bridgehead atoms. The zero-order chi connectivity index (χ0) is 12.1. The minimum atomic E-state index is 0.625. The van der Waals surface area contributed by atoms with E-state index in [1.807, 2.05) is 0 Å². The summed E-state index contributed by atoms with van der Waals surface area (Å²) in [7, 11) is 2.32. The van der Waals surface area contributed by atoms with E-state index < -0.39 is 0 Å². The van der Waals surface area contributed by atoms with E-state index in [0.717, 1.165) is 18.0 Å². The molecule has 16 heavy (non-hydrogen) atoms. The number of hydrogen-bond donors (Lipinski definition) is 1. The van der Waals surface area contributed by atoms with Crippen molar-refractivity contribution in [1.29, 1.82) is 0 Å². The number of nitrogens with zero attached hydrogens (tertiary/aromatic N) is 1. The van der Waals surface area contributed by atoms with E-state index in [2.05, 4.69) is 45.0 Å². The molecule has 96 valence electrons. The standard InChI is InChI=1S/C14H30N2/c1-6-13(7-2)16(5)14-9-8-12(14)10-15-11(3)4/h11-15H,6-10H2,1-5H3. The van der Waals surface area contributed by atoms with E-state index in [-0.39, 0.29) is 0 Å². The lowest BCUT2D eigenvalue weighted by Gasteiger charge is -2.46. The monoisotopic (exact) mass is 226 g/mol. The summed E-state index contributed by atoms with van der Waals surface area (Å²) in [5.74, 6) is 0.882. The van der Waals surface area contributed by atoms with Crippen LogP contribution in [0.15, 0.2) is 0 Å². The van der Waals surface area contributed by atoms with Crippen LogP contribution >= 0.6 is 0 Å². The van der Waals surface area contributed by atoms with Crippen molar-refractivity contribution >= 4 is 0 Å². The van der Waals surface area contributed by atoms with Crippen molar-refractivity contribution in [1.82, 2.24) is 10.2 Å². The second-order valence-electron chi connectivity index (χ2n) is 5.60. The Hall–Kier alpha value is -0.0800. The molecule has 1 rings (SSSR count). The van der Waals surface area contributed by atoms with Gasteiger partial charge in [0.25, 0.3) is 0 Å². The summed E-state index contributed by atoms with van der Waals surface area (Å²) in [5, 5.41) is 3.58. The lowest BCUT2D eigenvalue weighted by atomic mass is 9.77. The fourth-order valence-corrected chi connectivity index (χ4v) is 2.85. The summed E-state index contributed by atoms with van der Waals surface area (Å²) in [6.07, 6.45) is 5.38. The molecule has 0 aromatic rings. The van der Waals surface area contributed by atoms with Crippen molar-refractivity contribution in [3.63, 3.8) is 0 Å². The Morgan fingerprint density at radius 2 is 1.81 bits per heavy atom. The Morgan fingerprint density at radius 3 is 2.19 bits per heavy atom. The Kier molecular flexibility index (Phi) is 5.77. The van der Waals surface area contributed by atoms with Crippen LogP contribution in [0.5, 0.6) is 0 Å². The average molecular weight is 226 g/mol. The molecule has 0 saturated heterocycles. The molecule has 0 heterocycles. The van der Waals surface area contributed by atoms with Crippen LogP contribution in [0.2, 0.25) is 0 Å². The molecule has 0 spiro atoms.